The number of halogens is 2. The molecule has 0 bridgehead atoms. The van der Waals surface area contributed by atoms with Crippen LogP contribution in [0, 0.1) is 12.7 Å². The molecule has 0 fully saturated rings. The third-order valence-electron chi connectivity index (χ3n) is 2.53. The van der Waals surface area contributed by atoms with Crippen molar-refractivity contribution in [2.24, 2.45) is 0 Å². The van der Waals surface area contributed by atoms with Gasteiger partial charge in [-0.1, -0.05) is 23.7 Å². The quantitative estimate of drug-likeness (QED) is 0.889. The summed E-state index contributed by atoms with van der Waals surface area (Å²) in [5, 5.41) is 10.1. The van der Waals surface area contributed by atoms with Crippen LogP contribution in [0.2, 0.25) is 5.02 Å². The average molecular weight is 271 g/mol. The molecule has 1 aromatic heterocycles. The lowest BCUT2D eigenvalue weighted by atomic mass is 10.1. The van der Waals surface area contributed by atoms with Crippen LogP contribution < -0.4 is 0 Å². The maximum Gasteiger partial charge on any atom is 0.145 e. The number of hydrogen-bond acceptors (Lipinski definition) is 2. The fourth-order valence-corrected chi connectivity index (χ4v) is 2.70. The Morgan fingerprint density at radius 1 is 1.35 bits per heavy atom. The highest BCUT2D eigenvalue weighted by molar-refractivity contribution is 7.12. The van der Waals surface area contributed by atoms with Gasteiger partial charge in [-0.15, -0.1) is 11.3 Å². The number of thiophene rings is 1. The van der Waals surface area contributed by atoms with Gasteiger partial charge in [0.25, 0.3) is 0 Å². The van der Waals surface area contributed by atoms with E-state index < -0.39 is 11.9 Å². The van der Waals surface area contributed by atoms with Gasteiger partial charge in [-0.25, -0.2) is 4.39 Å². The third kappa shape index (κ3) is 2.86. The van der Waals surface area contributed by atoms with Crippen molar-refractivity contribution in [2.45, 2.75) is 19.4 Å². The summed E-state index contributed by atoms with van der Waals surface area (Å²) in [7, 11) is 0. The summed E-state index contributed by atoms with van der Waals surface area (Å²) in [6, 6.07) is 8.64. The number of benzene rings is 1. The molecule has 0 radical (unpaired) electrons. The van der Waals surface area contributed by atoms with Crippen LogP contribution in [0.3, 0.4) is 0 Å². The maximum absolute atomic E-state index is 13.6. The molecular formula is C13H12ClFOS. The molecular weight excluding hydrogens is 259 g/mol. The zero-order chi connectivity index (χ0) is 12.4. The Morgan fingerprint density at radius 2 is 2.12 bits per heavy atom. The van der Waals surface area contributed by atoms with Crippen LogP contribution in [0.25, 0.3) is 0 Å². The van der Waals surface area contributed by atoms with E-state index in [0.717, 1.165) is 9.75 Å². The summed E-state index contributed by atoms with van der Waals surface area (Å²) in [5.41, 5.74) is 0.441. The van der Waals surface area contributed by atoms with E-state index in [0.29, 0.717) is 5.56 Å². The van der Waals surface area contributed by atoms with Crippen LogP contribution in [0.4, 0.5) is 4.39 Å². The second-order valence-electron chi connectivity index (χ2n) is 3.88. The predicted molar refractivity (Wildman–Crippen MR) is 69.1 cm³/mol. The van der Waals surface area contributed by atoms with Gasteiger partial charge in [0.2, 0.25) is 0 Å². The van der Waals surface area contributed by atoms with Crippen LogP contribution in [-0.2, 0) is 6.42 Å². The van der Waals surface area contributed by atoms with Crippen LogP contribution in [-0.4, -0.2) is 5.11 Å². The molecule has 1 heterocycles. The van der Waals surface area contributed by atoms with Gasteiger partial charge in [-0.2, -0.15) is 0 Å². The molecule has 1 aromatic carbocycles. The second-order valence-corrected chi connectivity index (χ2v) is 5.61. The first-order valence-corrected chi connectivity index (χ1v) is 6.44. The zero-order valence-corrected chi connectivity index (χ0v) is 10.9. The predicted octanol–water partition coefficient (Wildman–Crippen LogP) is 4.13. The van der Waals surface area contributed by atoms with Gasteiger partial charge >= 0.3 is 0 Å². The molecule has 4 heteroatoms. The molecule has 1 atom stereocenters. The summed E-state index contributed by atoms with van der Waals surface area (Å²) < 4.78 is 13.6. The first-order chi connectivity index (χ1) is 8.08. The minimum Gasteiger partial charge on any atom is -0.387 e. The zero-order valence-electron chi connectivity index (χ0n) is 9.28. The summed E-state index contributed by atoms with van der Waals surface area (Å²) >= 11 is 7.21. The molecule has 0 amide bonds. The van der Waals surface area contributed by atoms with Gasteiger partial charge in [0, 0.05) is 16.2 Å². The lowest BCUT2D eigenvalue weighted by molar-refractivity contribution is 0.181. The van der Waals surface area contributed by atoms with Crippen molar-refractivity contribution in [3.05, 3.63) is 56.5 Å². The Morgan fingerprint density at radius 3 is 2.76 bits per heavy atom. The van der Waals surface area contributed by atoms with E-state index in [1.54, 1.807) is 12.1 Å². The molecule has 90 valence electrons. The SMILES string of the molecule is Cc1ccc(C(O)Cc2cccc(Cl)c2F)s1. The Kier molecular flexibility index (Phi) is 3.82. The summed E-state index contributed by atoms with van der Waals surface area (Å²) in [4.78, 5) is 1.98. The highest BCUT2D eigenvalue weighted by atomic mass is 35.5. The molecule has 0 saturated carbocycles. The van der Waals surface area contributed by atoms with Crippen LogP contribution in [0.15, 0.2) is 30.3 Å². The molecule has 0 spiro atoms. The lowest BCUT2D eigenvalue weighted by Crippen LogP contribution is -2.02. The number of rotatable bonds is 3. The molecule has 17 heavy (non-hydrogen) atoms. The van der Waals surface area contributed by atoms with Gasteiger partial charge in [-0.05, 0) is 30.7 Å². The summed E-state index contributed by atoms with van der Waals surface area (Å²) in [5.74, 6) is -0.443. The average Bonchev–Trinajstić information content (AvgIpc) is 2.72. The van der Waals surface area contributed by atoms with Crippen LogP contribution in [0.1, 0.15) is 21.4 Å². The Hall–Kier alpha value is -0.900. The van der Waals surface area contributed by atoms with Crippen LogP contribution in [0.5, 0.6) is 0 Å². The molecule has 0 aliphatic carbocycles. The molecule has 1 nitrogen and oxygen atoms in total. The second kappa shape index (κ2) is 5.17. The van der Waals surface area contributed by atoms with Crippen molar-refractivity contribution in [1.82, 2.24) is 0 Å². The van der Waals surface area contributed by atoms with E-state index in [2.05, 4.69) is 0 Å². The highest BCUT2D eigenvalue weighted by Gasteiger charge is 2.14. The molecule has 0 aliphatic heterocycles. The van der Waals surface area contributed by atoms with Crippen LogP contribution >= 0.6 is 22.9 Å². The van der Waals surface area contributed by atoms with E-state index in [-0.39, 0.29) is 11.4 Å². The molecule has 2 rings (SSSR count). The maximum atomic E-state index is 13.6. The lowest BCUT2D eigenvalue weighted by Gasteiger charge is -2.09. The van der Waals surface area contributed by atoms with Crippen molar-refractivity contribution in [1.29, 1.82) is 0 Å². The minimum absolute atomic E-state index is 0.0945. The monoisotopic (exact) mass is 270 g/mol. The summed E-state index contributed by atoms with van der Waals surface area (Å²) in [6.45, 7) is 1.97. The van der Waals surface area contributed by atoms with Crippen molar-refractivity contribution < 1.29 is 9.50 Å². The molecule has 2 aromatic rings. The number of aliphatic hydroxyl groups is 1. The minimum atomic E-state index is -0.679. The first kappa shape index (κ1) is 12.6. The van der Waals surface area contributed by atoms with Crippen molar-refractivity contribution in [3.8, 4) is 0 Å². The topological polar surface area (TPSA) is 20.2 Å². The van der Waals surface area contributed by atoms with E-state index in [1.165, 1.54) is 17.4 Å². The van der Waals surface area contributed by atoms with Gasteiger partial charge < -0.3 is 5.11 Å². The normalized spacial score (nSPS) is 12.7. The van der Waals surface area contributed by atoms with Crippen molar-refractivity contribution in [2.75, 3.05) is 0 Å². The van der Waals surface area contributed by atoms with E-state index in [1.807, 2.05) is 19.1 Å². The Labute approximate surface area is 108 Å². The molecule has 0 aliphatic rings. The van der Waals surface area contributed by atoms with Gasteiger partial charge in [-0.3, -0.25) is 0 Å². The van der Waals surface area contributed by atoms with Gasteiger partial charge in [0.05, 0.1) is 11.1 Å². The fourth-order valence-electron chi connectivity index (χ4n) is 1.65. The molecule has 1 unspecified atom stereocenters. The number of aryl methyl sites for hydroxylation is 1. The van der Waals surface area contributed by atoms with Gasteiger partial charge in [0.1, 0.15) is 5.82 Å². The standard InChI is InChI=1S/C13H12ClFOS/c1-8-5-6-12(17-8)11(16)7-9-3-2-4-10(14)13(9)15/h2-6,11,16H,7H2,1H3. The third-order valence-corrected chi connectivity index (χ3v) is 3.93. The summed E-state index contributed by atoms with van der Waals surface area (Å²) in [6.07, 6.45) is -0.437. The largest absolute Gasteiger partial charge is 0.387 e. The van der Waals surface area contributed by atoms with E-state index in [4.69, 9.17) is 11.6 Å². The Balaban J connectivity index is 2.18. The first-order valence-electron chi connectivity index (χ1n) is 5.25. The van der Waals surface area contributed by atoms with E-state index >= 15 is 0 Å². The fraction of sp³-hybridized carbons (Fsp3) is 0.231. The Bertz CT molecular complexity index is 524. The molecule has 1 N–H and O–H groups in total. The smallest absolute Gasteiger partial charge is 0.145 e. The molecule has 0 saturated heterocycles. The number of aliphatic hydroxyl groups excluding tert-OH is 1. The van der Waals surface area contributed by atoms with Gasteiger partial charge in [0.15, 0.2) is 0 Å². The van der Waals surface area contributed by atoms with Crippen molar-refractivity contribution >= 4 is 22.9 Å². The van der Waals surface area contributed by atoms with Crippen molar-refractivity contribution in [3.63, 3.8) is 0 Å². The van der Waals surface area contributed by atoms with E-state index in [9.17, 15) is 9.50 Å². The number of hydrogen-bond donors (Lipinski definition) is 1. The highest BCUT2D eigenvalue weighted by Crippen LogP contribution is 2.27.